The zero-order chi connectivity index (χ0) is 12.0. The predicted octanol–water partition coefficient (Wildman–Crippen LogP) is 1.35. The van der Waals surface area contributed by atoms with Crippen molar-refractivity contribution in [1.82, 2.24) is 9.97 Å². The van der Waals surface area contributed by atoms with Crippen molar-refractivity contribution in [3.05, 3.63) is 18.1 Å². The molecule has 2 aliphatic carbocycles. The van der Waals surface area contributed by atoms with Gasteiger partial charge in [-0.2, -0.15) is 0 Å². The summed E-state index contributed by atoms with van der Waals surface area (Å²) in [5.41, 5.74) is 5.07. The molecule has 0 radical (unpaired) electrons. The van der Waals surface area contributed by atoms with E-state index in [0.717, 1.165) is 17.9 Å². The van der Waals surface area contributed by atoms with Crippen molar-refractivity contribution in [2.45, 2.75) is 29.7 Å². The Morgan fingerprint density at radius 2 is 2.24 bits per heavy atom. The number of thioether (sulfide) groups is 1. The topological polar surface area (TPSA) is 68.9 Å². The van der Waals surface area contributed by atoms with Gasteiger partial charge >= 0.3 is 0 Å². The molecule has 2 aliphatic rings. The van der Waals surface area contributed by atoms with Gasteiger partial charge < -0.3 is 5.73 Å². The summed E-state index contributed by atoms with van der Waals surface area (Å²) in [5, 5.41) is 0.903. The molecule has 5 heteroatoms. The number of amides is 1. The minimum atomic E-state index is -0.552. The third-order valence-electron chi connectivity index (χ3n) is 4.19. The van der Waals surface area contributed by atoms with E-state index in [1.807, 2.05) is 12.3 Å². The molecule has 1 amide bonds. The maximum absolute atomic E-state index is 11.8. The zero-order valence-corrected chi connectivity index (χ0v) is 10.5. The summed E-state index contributed by atoms with van der Waals surface area (Å²) in [6.07, 6.45) is 7.07. The molecule has 1 unspecified atom stereocenters. The van der Waals surface area contributed by atoms with Crippen LogP contribution in [0.5, 0.6) is 0 Å². The Balaban J connectivity index is 2.03. The van der Waals surface area contributed by atoms with Crippen LogP contribution in [0.2, 0.25) is 0 Å². The van der Waals surface area contributed by atoms with Crippen molar-refractivity contribution >= 4 is 17.7 Å². The number of primary amides is 1. The molecule has 3 atom stereocenters. The van der Waals surface area contributed by atoms with Crippen molar-refractivity contribution < 1.29 is 4.79 Å². The molecule has 17 heavy (non-hydrogen) atoms. The Bertz CT molecular complexity index is 467. The fraction of sp³-hybridized carbons (Fsp3) is 0.583. The van der Waals surface area contributed by atoms with E-state index in [9.17, 15) is 4.79 Å². The molecule has 0 aromatic carbocycles. The molecule has 1 aromatic rings. The fourth-order valence-electron chi connectivity index (χ4n) is 3.42. The van der Waals surface area contributed by atoms with Crippen molar-refractivity contribution in [1.29, 1.82) is 0 Å². The molecule has 2 saturated carbocycles. The third kappa shape index (κ3) is 1.35. The first kappa shape index (κ1) is 11.0. The molecular formula is C12H15N3OS. The molecule has 4 nitrogen and oxygen atoms in total. The first-order chi connectivity index (χ1) is 8.21. The minimum absolute atomic E-state index is 0.245. The summed E-state index contributed by atoms with van der Waals surface area (Å²) in [6.45, 7) is 0. The Kier molecular flexibility index (Phi) is 2.40. The lowest BCUT2D eigenvalue weighted by Gasteiger charge is -2.15. The Hall–Kier alpha value is -1.10. The molecule has 0 aliphatic heterocycles. The third-order valence-corrected chi connectivity index (χ3v) is 4.84. The van der Waals surface area contributed by atoms with Crippen LogP contribution in [0.25, 0.3) is 0 Å². The van der Waals surface area contributed by atoms with Gasteiger partial charge in [0.25, 0.3) is 0 Å². The van der Waals surface area contributed by atoms with Crippen molar-refractivity contribution in [2.75, 3.05) is 6.26 Å². The Labute approximate surface area is 104 Å². The maximum Gasteiger partial charge on any atom is 0.231 e. The van der Waals surface area contributed by atoms with E-state index in [4.69, 9.17) is 5.73 Å². The van der Waals surface area contributed by atoms with Gasteiger partial charge in [0, 0.05) is 6.20 Å². The number of fused-ring (bicyclic) bond motifs is 1. The number of nitrogens with zero attached hydrogens (tertiary/aromatic N) is 2. The predicted molar refractivity (Wildman–Crippen MR) is 65.5 cm³/mol. The molecule has 2 N–H and O–H groups in total. The normalized spacial score (nSPS) is 34.4. The quantitative estimate of drug-likeness (QED) is 0.648. The van der Waals surface area contributed by atoms with Crippen LogP contribution >= 0.6 is 11.8 Å². The highest BCUT2D eigenvalue weighted by atomic mass is 32.2. The second-order valence-corrected chi connectivity index (χ2v) is 5.63. The van der Waals surface area contributed by atoms with Crippen molar-refractivity contribution in [3.63, 3.8) is 0 Å². The number of nitrogens with two attached hydrogens (primary N) is 1. The monoisotopic (exact) mass is 249 g/mol. The van der Waals surface area contributed by atoms with Gasteiger partial charge in [-0.25, -0.2) is 9.97 Å². The molecule has 3 rings (SSSR count). The molecule has 1 heterocycles. The van der Waals surface area contributed by atoms with Crippen LogP contribution in [0.4, 0.5) is 0 Å². The van der Waals surface area contributed by atoms with Crippen molar-refractivity contribution in [2.24, 2.45) is 17.6 Å². The average Bonchev–Trinajstić information content (AvgIpc) is 2.73. The highest BCUT2D eigenvalue weighted by molar-refractivity contribution is 7.98. The largest absolute Gasteiger partial charge is 0.369 e. The highest BCUT2D eigenvalue weighted by Crippen LogP contribution is 2.67. The van der Waals surface area contributed by atoms with Crippen LogP contribution in [0, 0.1) is 11.8 Å². The SMILES string of the molecule is CSc1ccnc(C2(C(N)=O)[C@@H]3CCC[C@@H]32)n1. The summed E-state index contributed by atoms with van der Waals surface area (Å²) >= 11 is 1.56. The smallest absolute Gasteiger partial charge is 0.231 e. The zero-order valence-electron chi connectivity index (χ0n) is 9.72. The van der Waals surface area contributed by atoms with Crippen LogP contribution in [0.1, 0.15) is 25.1 Å². The second-order valence-electron chi connectivity index (χ2n) is 4.80. The number of hydrogen-bond acceptors (Lipinski definition) is 4. The van der Waals surface area contributed by atoms with E-state index in [-0.39, 0.29) is 5.91 Å². The number of aromatic nitrogens is 2. The Morgan fingerprint density at radius 1 is 1.53 bits per heavy atom. The number of carbonyl (C=O) groups excluding carboxylic acids is 1. The first-order valence-electron chi connectivity index (χ1n) is 5.88. The molecule has 0 bridgehead atoms. The van der Waals surface area contributed by atoms with Crippen LogP contribution in [0.3, 0.4) is 0 Å². The van der Waals surface area contributed by atoms with E-state index >= 15 is 0 Å². The summed E-state index contributed by atoms with van der Waals surface area (Å²) < 4.78 is 0. The van der Waals surface area contributed by atoms with E-state index in [1.54, 1.807) is 18.0 Å². The van der Waals surface area contributed by atoms with E-state index in [1.165, 1.54) is 6.42 Å². The van der Waals surface area contributed by atoms with Gasteiger partial charge in [0.05, 0.1) is 5.03 Å². The molecular weight excluding hydrogens is 234 g/mol. The van der Waals surface area contributed by atoms with Gasteiger partial charge in [0.15, 0.2) is 0 Å². The number of hydrogen-bond donors (Lipinski definition) is 1. The average molecular weight is 249 g/mol. The van der Waals surface area contributed by atoms with Gasteiger partial charge in [-0.3, -0.25) is 4.79 Å². The van der Waals surface area contributed by atoms with Gasteiger partial charge in [0.2, 0.25) is 5.91 Å². The van der Waals surface area contributed by atoms with Gasteiger partial charge in [0.1, 0.15) is 11.2 Å². The molecule has 2 fully saturated rings. The van der Waals surface area contributed by atoms with Crippen LogP contribution in [-0.4, -0.2) is 22.1 Å². The van der Waals surface area contributed by atoms with Crippen LogP contribution < -0.4 is 5.73 Å². The molecule has 0 spiro atoms. The fourth-order valence-corrected chi connectivity index (χ4v) is 3.79. The van der Waals surface area contributed by atoms with Crippen LogP contribution in [-0.2, 0) is 10.2 Å². The summed E-state index contributed by atoms with van der Waals surface area (Å²) in [4.78, 5) is 20.6. The minimum Gasteiger partial charge on any atom is -0.369 e. The lowest BCUT2D eigenvalue weighted by Crippen LogP contribution is -2.34. The van der Waals surface area contributed by atoms with E-state index < -0.39 is 5.41 Å². The molecule has 90 valence electrons. The molecule has 0 saturated heterocycles. The summed E-state index contributed by atoms with van der Waals surface area (Å²) in [6, 6.07) is 1.86. The maximum atomic E-state index is 11.8. The summed E-state index contributed by atoms with van der Waals surface area (Å²) in [5.74, 6) is 1.17. The Morgan fingerprint density at radius 3 is 2.82 bits per heavy atom. The first-order valence-corrected chi connectivity index (χ1v) is 7.11. The standard InChI is InChI=1S/C12H15N3OS/c1-17-9-5-6-14-11(15-9)12(10(13)16)7-3-2-4-8(7)12/h5-8H,2-4H2,1H3,(H2,13,16)/t7-,8+,12?. The number of rotatable bonds is 3. The van der Waals surface area contributed by atoms with Gasteiger partial charge in [-0.05, 0) is 37.0 Å². The van der Waals surface area contributed by atoms with Gasteiger partial charge in [-0.1, -0.05) is 6.42 Å². The van der Waals surface area contributed by atoms with E-state index in [2.05, 4.69) is 9.97 Å². The van der Waals surface area contributed by atoms with Crippen LogP contribution in [0.15, 0.2) is 17.3 Å². The number of carbonyl (C=O) groups is 1. The highest BCUT2D eigenvalue weighted by Gasteiger charge is 2.72. The lowest BCUT2D eigenvalue weighted by atomic mass is 9.94. The lowest BCUT2D eigenvalue weighted by molar-refractivity contribution is -0.121. The second kappa shape index (κ2) is 3.70. The summed E-state index contributed by atoms with van der Waals surface area (Å²) in [7, 11) is 0. The van der Waals surface area contributed by atoms with Gasteiger partial charge in [-0.15, -0.1) is 11.8 Å². The molecule has 1 aromatic heterocycles. The van der Waals surface area contributed by atoms with E-state index in [0.29, 0.717) is 17.7 Å². The van der Waals surface area contributed by atoms with Crippen molar-refractivity contribution in [3.8, 4) is 0 Å².